The van der Waals surface area contributed by atoms with E-state index in [9.17, 15) is 13.2 Å². The lowest BCUT2D eigenvalue weighted by Gasteiger charge is -2.29. The van der Waals surface area contributed by atoms with Crippen molar-refractivity contribution in [2.75, 3.05) is 13.1 Å². The first-order chi connectivity index (χ1) is 9.86. The van der Waals surface area contributed by atoms with Gasteiger partial charge < -0.3 is 4.57 Å². The minimum atomic E-state index is -3.60. The van der Waals surface area contributed by atoms with Gasteiger partial charge in [0, 0.05) is 31.7 Å². The maximum Gasteiger partial charge on any atom is 0.262 e. The fourth-order valence-corrected chi connectivity index (χ4v) is 4.21. The standard InChI is InChI=1S/C14H23N3O3S/c1-4-7-16-10-14(15-12(16)3)21(19,20)17-8-5-6-13(9-17)11(2)18/h10,13H,4-9H2,1-3H3. The minimum Gasteiger partial charge on any atom is -0.334 e. The van der Waals surface area contributed by atoms with Crippen LogP contribution in [0.5, 0.6) is 0 Å². The topological polar surface area (TPSA) is 72.3 Å². The zero-order chi connectivity index (χ0) is 15.6. The van der Waals surface area contributed by atoms with Crippen molar-refractivity contribution in [3.63, 3.8) is 0 Å². The molecule has 0 N–H and O–H groups in total. The van der Waals surface area contributed by atoms with E-state index in [1.54, 1.807) is 6.20 Å². The second kappa shape index (κ2) is 6.27. The van der Waals surface area contributed by atoms with E-state index < -0.39 is 10.0 Å². The first kappa shape index (κ1) is 16.2. The van der Waals surface area contributed by atoms with Crippen molar-refractivity contribution in [2.45, 2.75) is 51.6 Å². The Morgan fingerprint density at radius 1 is 1.48 bits per heavy atom. The van der Waals surface area contributed by atoms with E-state index in [0.717, 1.165) is 25.8 Å². The Morgan fingerprint density at radius 3 is 2.81 bits per heavy atom. The molecule has 21 heavy (non-hydrogen) atoms. The lowest BCUT2D eigenvalue weighted by Crippen LogP contribution is -2.41. The van der Waals surface area contributed by atoms with Gasteiger partial charge in [-0.2, -0.15) is 4.31 Å². The molecule has 1 aliphatic rings. The Kier molecular flexibility index (Phi) is 4.83. The number of aromatic nitrogens is 2. The highest BCUT2D eigenvalue weighted by Crippen LogP contribution is 2.24. The number of hydrogen-bond donors (Lipinski definition) is 0. The predicted octanol–water partition coefficient (Wildman–Crippen LogP) is 1.59. The molecular formula is C14H23N3O3S. The van der Waals surface area contributed by atoms with Crippen molar-refractivity contribution in [1.82, 2.24) is 13.9 Å². The first-order valence-corrected chi connectivity index (χ1v) is 8.84. The highest BCUT2D eigenvalue weighted by atomic mass is 32.2. The molecule has 0 saturated carbocycles. The third-order valence-corrected chi connectivity index (χ3v) is 5.72. The van der Waals surface area contributed by atoms with Crippen molar-refractivity contribution in [2.24, 2.45) is 5.92 Å². The van der Waals surface area contributed by atoms with Crippen LogP contribution < -0.4 is 0 Å². The summed E-state index contributed by atoms with van der Waals surface area (Å²) in [6, 6.07) is 0. The number of carbonyl (C=O) groups is 1. The van der Waals surface area contributed by atoms with Gasteiger partial charge in [-0.05, 0) is 33.1 Å². The summed E-state index contributed by atoms with van der Waals surface area (Å²) in [5, 5.41) is 0.0950. The zero-order valence-electron chi connectivity index (χ0n) is 12.9. The molecule has 1 aromatic rings. The Labute approximate surface area is 126 Å². The van der Waals surface area contributed by atoms with E-state index in [1.807, 2.05) is 18.4 Å². The number of sulfonamides is 1. The van der Waals surface area contributed by atoms with E-state index >= 15 is 0 Å². The molecule has 0 aromatic carbocycles. The van der Waals surface area contributed by atoms with E-state index in [-0.39, 0.29) is 23.3 Å². The number of hydrogen-bond acceptors (Lipinski definition) is 4. The molecule has 0 amide bonds. The summed E-state index contributed by atoms with van der Waals surface area (Å²) in [5.74, 6) is 0.575. The zero-order valence-corrected chi connectivity index (χ0v) is 13.7. The Balaban J connectivity index is 2.25. The van der Waals surface area contributed by atoms with Crippen LogP contribution in [-0.2, 0) is 21.4 Å². The van der Waals surface area contributed by atoms with Crippen molar-refractivity contribution in [3.8, 4) is 0 Å². The van der Waals surface area contributed by atoms with Crippen molar-refractivity contribution in [1.29, 1.82) is 0 Å². The Bertz CT molecular complexity index is 621. The number of nitrogens with zero attached hydrogens (tertiary/aromatic N) is 3. The molecule has 1 aliphatic heterocycles. The fourth-order valence-electron chi connectivity index (χ4n) is 2.70. The lowest BCUT2D eigenvalue weighted by atomic mass is 9.96. The molecule has 2 rings (SSSR count). The molecule has 0 radical (unpaired) electrons. The first-order valence-electron chi connectivity index (χ1n) is 7.40. The molecule has 1 fully saturated rings. The molecule has 0 spiro atoms. The van der Waals surface area contributed by atoms with E-state index in [1.165, 1.54) is 11.2 Å². The van der Waals surface area contributed by atoms with Crippen LogP contribution in [0.2, 0.25) is 0 Å². The number of rotatable bonds is 5. The molecule has 1 aromatic heterocycles. The van der Waals surface area contributed by atoms with E-state index in [4.69, 9.17) is 0 Å². The third-order valence-electron chi connectivity index (χ3n) is 3.98. The van der Waals surface area contributed by atoms with Crippen LogP contribution in [-0.4, -0.2) is 41.1 Å². The maximum absolute atomic E-state index is 12.7. The summed E-state index contributed by atoms with van der Waals surface area (Å²) < 4.78 is 28.6. The van der Waals surface area contributed by atoms with Crippen LogP contribution in [0.1, 0.15) is 38.9 Å². The van der Waals surface area contributed by atoms with Gasteiger partial charge in [0.2, 0.25) is 0 Å². The second-order valence-corrected chi connectivity index (χ2v) is 7.52. The van der Waals surface area contributed by atoms with Gasteiger partial charge in [-0.15, -0.1) is 0 Å². The Hall–Kier alpha value is -1.21. The molecule has 2 heterocycles. The second-order valence-electron chi connectivity index (χ2n) is 5.63. The molecule has 7 heteroatoms. The van der Waals surface area contributed by atoms with Gasteiger partial charge >= 0.3 is 0 Å². The molecule has 0 aliphatic carbocycles. The molecule has 6 nitrogen and oxygen atoms in total. The van der Waals surface area contributed by atoms with Gasteiger partial charge in [-0.1, -0.05) is 6.92 Å². The lowest BCUT2D eigenvalue weighted by molar-refractivity contribution is -0.121. The van der Waals surface area contributed by atoms with Crippen LogP contribution in [0.25, 0.3) is 0 Å². The number of Topliss-reactive ketones (excluding diaryl/α,β-unsaturated/α-hetero) is 1. The van der Waals surface area contributed by atoms with Gasteiger partial charge in [-0.25, -0.2) is 13.4 Å². The number of aryl methyl sites for hydroxylation is 2. The van der Waals surface area contributed by atoms with Crippen LogP contribution in [0.3, 0.4) is 0 Å². The van der Waals surface area contributed by atoms with Gasteiger partial charge in [0.1, 0.15) is 11.6 Å². The normalized spacial score (nSPS) is 20.6. The van der Waals surface area contributed by atoms with Crippen molar-refractivity contribution < 1.29 is 13.2 Å². The summed E-state index contributed by atoms with van der Waals surface area (Å²) in [6.45, 7) is 6.87. The van der Waals surface area contributed by atoms with Gasteiger partial charge in [0.15, 0.2) is 5.03 Å². The largest absolute Gasteiger partial charge is 0.334 e. The Morgan fingerprint density at radius 2 is 2.19 bits per heavy atom. The predicted molar refractivity (Wildman–Crippen MR) is 79.4 cm³/mol. The average molecular weight is 313 g/mol. The highest BCUT2D eigenvalue weighted by molar-refractivity contribution is 7.89. The molecule has 1 saturated heterocycles. The highest BCUT2D eigenvalue weighted by Gasteiger charge is 2.33. The monoisotopic (exact) mass is 313 g/mol. The van der Waals surface area contributed by atoms with Gasteiger partial charge in [0.05, 0.1) is 0 Å². The van der Waals surface area contributed by atoms with Crippen molar-refractivity contribution >= 4 is 15.8 Å². The smallest absolute Gasteiger partial charge is 0.262 e. The van der Waals surface area contributed by atoms with Crippen LogP contribution in [0.15, 0.2) is 11.2 Å². The van der Waals surface area contributed by atoms with Crippen LogP contribution in [0.4, 0.5) is 0 Å². The number of carbonyl (C=O) groups excluding carboxylic acids is 1. The average Bonchev–Trinajstić information content (AvgIpc) is 2.81. The summed E-state index contributed by atoms with van der Waals surface area (Å²) in [5.41, 5.74) is 0. The summed E-state index contributed by atoms with van der Waals surface area (Å²) >= 11 is 0. The van der Waals surface area contributed by atoms with Gasteiger partial charge in [-0.3, -0.25) is 4.79 Å². The van der Waals surface area contributed by atoms with Gasteiger partial charge in [0.25, 0.3) is 10.0 Å². The minimum absolute atomic E-state index is 0.0580. The maximum atomic E-state index is 12.7. The van der Waals surface area contributed by atoms with Crippen LogP contribution in [0, 0.1) is 12.8 Å². The number of ketones is 1. The third kappa shape index (κ3) is 3.35. The summed E-state index contributed by atoms with van der Waals surface area (Å²) in [7, 11) is -3.60. The number of piperidine rings is 1. The quantitative estimate of drug-likeness (QED) is 0.827. The molecule has 1 atom stereocenters. The molecule has 1 unspecified atom stereocenters. The van der Waals surface area contributed by atoms with E-state index in [2.05, 4.69) is 4.98 Å². The van der Waals surface area contributed by atoms with Crippen LogP contribution >= 0.6 is 0 Å². The summed E-state index contributed by atoms with van der Waals surface area (Å²) in [4.78, 5) is 15.7. The van der Waals surface area contributed by atoms with E-state index in [0.29, 0.717) is 12.4 Å². The molecule has 0 bridgehead atoms. The fraction of sp³-hybridized carbons (Fsp3) is 0.714. The molecule has 118 valence electrons. The molecular weight excluding hydrogens is 290 g/mol. The SMILES string of the molecule is CCCn1cc(S(=O)(=O)N2CCCC(C(C)=O)C2)nc1C. The number of imidazole rings is 1. The van der Waals surface area contributed by atoms with Crippen molar-refractivity contribution in [3.05, 3.63) is 12.0 Å². The summed E-state index contributed by atoms with van der Waals surface area (Å²) in [6.07, 6.45) is 4.02.